The van der Waals surface area contributed by atoms with E-state index in [2.05, 4.69) is 4.98 Å². The summed E-state index contributed by atoms with van der Waals surface area (Å²) in [7, 11) is 1.38. The van der Waals surface area contributed by atoms with Gasteiger partial charge in [-0.2, -0.15) is 0 Å². The number of amides is 1. The Balaban J connectivity index is 1.47. The number of halogens is 1. The molecule has 0 spiro atoms. The summed E-state index contributed by atoms with van der Waals surface area (Å²) in [6.07, 6.45) is 3.59. The summed E-state index contributed by atoms with van der Waals surface area (Å²) in [6, 6.07) is 12.9. The van der Waals surface area contributed by atoms with Gasteiger partial charge in [0.1, 0.15) is 5.82 Å². The van der Waals surface area contributed by atoms with Crippen LogP contribution in [-0.4, -0.2) is 59.8 Å². The molecule has 9 heteroatoms. The lowest BCUT2D eigenvalue weighted by atomic mass is 10.0. The van der Waals surface area contributed by atoms with Crippen molar-refractivity contribution < 1.29 is 13.2 Å². The van der Waals surface area contributed by atoms with Crippen molar-refractivity contribution in [1.82, 2.24) is 18.8 Å². The molecule has 1 unspecified atom stereocenters. The van der Waals surface area contributed by atoms with E-state index in [0.717, 1.165) is 47.7 Å². The Kier molecular flexibility index (Phi) is 6.79. The first-order chi connectivity index (χ1) is 15.7. The molecule has 4 rings (SSSR count). The van der Waals surface area contributed by atoms with Crippen LogP contribution in [0.15, 0.2) is 47.4 Å². The van der Waals surface area contributed by atoms with Gasteiger partial charge < -0.3 is 9.47 Å². The van der Waals surface area contributed by atoms with Gasteiger partial charge in [-0.25, -0.2) is 17.7 Å². The normalized spacial score (nSPS) is 16.8. The highest BCUT2D eigenvalue weighted by Crippen LogP contribution is 2.26. The highest BCUT2D eigenvalue weighted by atomic mass is 35.5. The summed E-state index contributed by atoms with van der Waals surface area (Å²) < 4.78 is 28.0. The first kappa shape index (κ1) is 23.7. The topological polar surface area (TPSA) is 75.5 Å². The van der Waals surface area contributed by atoms with Crippen molar-refractivity contribution in [1.29, 1.82) is 0 Å². The number of carbonyl (C=O) groups excluding carboxylic acids is 1. The van der Waals surface area contributed by atoms with Crippen LogP contribution in [0.5, 0.6) is 0 Å². The van der Waals surface area contributed by atoms with Crippen molar-refractivity contribution >= 4 is 38.6 Å². The molecule has 0 radical (unpaired) electrons. The average molecular weight is 489 g/mol. The molecular formula is C24H29ClN4O3S. The molecule has 1 aromatic heterocycles. The predicted molar refractivity (Wildman–Crippen MR) is 130 cm³/mol. The number of sulfonamides is 1. The van der Waals surface area contributed by atoms with E-state index in [-0.39, 0.29) is 16.8 Å². The van der Waals surface area contributed by atoms with E-state index >= 15 is 0 Å². The molecule has 1 amide bonds. The van der Waals surface area contributed by atoms with Gasteiger partial charge in [-0.1, -0.05) is 29.8 Å². The van der Waals surface area contributed by atoms with E-state index in [9.17, 15) is 13.2 Å². The fraction of sp³-hybridized carbons (Fsp3) is 0.417. The Morgan fingerprint density at radius 1 is 1.21 bits per heavy atom. The first-order valence-corrected chi connectivity index (χ1v) is 12.9. The summed E-state index contributed by atoms with van der Waals surface area (Å²) in [5.41, 5.74) is 2.52. The lowest BCUT2D eigenvalue weighted by Gasteiger charge is -2.25. The van der Waals surface area contributed by atoms with Crippen molar-refractivity contribution in [2.45, 2.75) is 43.0 Å². The van der Waals surface area contributed by atoms with Gasteiger partial charge in [0.05, 0.1) is 15.9 Å². The predicted octanol–water partition coefficient (Wildman–Crippen LogP) is 3.64. The largest absolute Gasteiger partial charge is 0.339 e. The van der Waals surface area contributed by atoms with E-state index in [1.54, 1.807) is 18.2 Å². The van der Waals surface area contributed by atoms with E-state index in [4.69, 9.17) is 11.6 Å². The molecule has 1 fully saturated rings. The third kappa shape index (κ3) is 4.78. The standard InChI is InChI=1S/C24H29ClN4O3S/c1-27(2)33(31,32)19-10-11-22-21(16-19)26-23(28(22)3)12-13-24(30)29-14-6-8-18(29)15-17-7-4-5-9-20(17)25/h4-5,7,9-11,16,18H,6,8,12-15H2,1-3H3. The van der Waals surface area contributed by atoms with Gasteiger partial charge in [0.2, 0.25) is 15.9 Å². The molecule has 2 heterocycles. The van der Waals surface area contributed by atoms with Crippen LogP contribution in [0.3, 0.4) is 0 Å². The number of nitrogens with zero attached hydrogens (tertiary/aromatic N) is 4. The van der Waals surface area contributed by atoms with Crippen molar-refractivity contribution in [2.24, 2.45) is 7.05 Å². The molecule has 176 valence electrons. The maximum absolute atomic E-state index is 13.1. The molecule has 0 N–H and O–H groups in total. The van der Waals surface area contributed by atoms with E-state index in [1.165, 1.54) is 18.4 Å². The number of imidazole rings is 1. The minimum Gasteiger partial charge on any atom is -0.339 e. The number of likely N-dealkylation sites (tertiary alicyclic amines) is 1. The fourth-order valence-electron chi connectivity index (χ4n) is 4.48. The molecule has 1 aliphatic heterocycles. The van der Waals surface area contributed by atoms with Gasteiger partial charge in [-0.3, -0.25) is 4.79 Å². The minimum absolute atomic E-state index is 0.118. The molecule has 7 nitrogen and oxygen atoms in total. The average Bonchev–Trinajstić information content (AvgIpc) is 3.37. The summed E-state index contributed by atoms with van der Waals surface area (Å²) in [5.74, 6) is 0.882. The van der Waals surface area contributed by atoms with Crippen LogP contribution < -0.4 is 0 Å². The lowest BCUT2D eigenvalue weighted by molar-refractivity contribution is -0.132. The van der Waals surface area contributed by atoms with Gasteiger partial charge in [-0.15, -0.1) is 0 Å². The zero-order valence-corrected chi connectivity index (χ0v) is 20.7. The molecule has 1 atom stereocenters. The number of aromatic nitrogens is 2. The van der Waals surface area contributed by atoms with Crippen LogP contribution in [0.1, 0.15) is 30.7 Å². The lowest BCUT2D eigenvalue weighted by Crippen LogP contribution is -2.37. The van der Waals surface area contributed by atoms with Crippen molar-refractivity contribution in [3.05, 3.63) is 58.9 Å². The SMILES string of the molecule is CN(C)S(=O)(=O)c1ccc2c(c1)nc(CCC(=O)N1CCCC1Cc1ccccc1Cl)n2C. The number of aryl methyl sites for hydroxylation is 2. The molecule has 0 saturated carbocycles. The fourth-order valence-corrected chi connectivity index (χ4v) is 5.62. The zero-order valence-electron chi connectivity index (χ0n) is 19.2. The van der Waals surface area contributed by atoms with Crippen LogP contribution in [0.2, 0.25) is 5.02 Å². The minimum atomic E-state index is -3.53. The second-order valence-corrected chi connectivity index (χ2v) is 11.3. The molecule has 3 aromatic rings. The zero-order chi connectivity index (χ0) is 23.8. The monoisotopic (exact) mass is 488 g/mol. The maximum atomic E-state index is 13.1. The Morgan fingerprint density at radius 3 is 2.70 bits per heavy atom. The number of fused-ring (bicyclic) bond motifs is 1. The van der Waals surface area contributed by atoms with Gasteiger partial charge >= 0.3 is 0 Å². The molecule has 1 saturated heterocycles. The van der Waals surface area contributed by atoms with Crippen molar-refractivity contribution in [3.63, 3.8) is 0 Å². The summed E-state index contributed by atoms with van der Waals surface area (Å²) in [6.45, 7) is 0.766. The van der Waals surface area contributed by atoms with Crippen LogP contribution >= 0.6 is 11.6 Å². The molecule has 2 aromatic carbocycles. The molecule has 1 aliphatic rings. The highest BCUT2D eigenvalue weighted by molar-refractivity contribution is 7.89. The van der Waals surface area contributed by atoms with E-state index < -0.39 is 10.0 Å². The van der Waals surface area contributed by atoms with E-state index in [0.29, 0.717) is 18.4 Å². The second-order valence-electron chi connectivity index (χ2n) is 8.70. The van der Waals surface area contributed by atoms with Crippen molar-refractivity contribution in [2.75, 3.05) is 20.6 Å². The van der Waals surface area contributed by atoms with Gasteiger partial charge in [-0.05, 0) is 49.1 Å². The van der Waals surface area contributed by atoms with Crippen LogP contribution in [0, 0.1) is 0 Å². The van der Waals surface area contributed by atoms with Crippen LogP contribution in [0.4, 0.5) is 0 Å². The number of carbonyl (C=O) groups is 1. The second kappa shape index (κ2) is 9.44. The molecule has 0 bridgehead atoms. The highest BCUT2D eigenvalue weighted by Gasteiger charge is 2.29. The molecular weight excluding hydrogens is 460 g/mol. The van der Waals surface area contributed by atoms with Gasteiger partial charge in [0, 0.05) is 51.6 Å². The number of rotatable bonds is 7. The Labute approximate surface area is 200 Å². The van der Waals surface area contributed by atoms with Crippen LogP contribution in [0.25, 0.3) is 11.0 Å². The number of hydrogen-bond acceptors (Lipinski definition) is 4. The van der Waals surface area contributed by atoms with Crippen LogP contribution in [-0.2, 0) is 34.7 Å². The smallest absolute Gasteiger partial charge is 0.242 e. The van der Waals surface area contributed by atoms with Gasteiger partial charge in [0.15, 0.2) is 0 Å². The molecule has 33 heavy (non-hydrogen) atoms. The Bertz CT molecular complexity index is 1290. The summed E-state index contributed by atoms with van der Waals surface area (Å²) in [4.78, 5) is 19.9. The van der Waals surface area contributed by atoms with E-state index in [1.807, 2.05) is 40.8 Å². The Morgan fingerprint density at radius 2 is 1.97 bits per heavy atom. The number of benzene rings is 2. The molecule has 0 aliphatic carbocycles. The maximum Gasteiger partial charge on any atom is 0.242 e. The first-order valence-electron chi connectivity index (χ1n) is 11.1. The van der Waals surface area contributed by atoms with Gasteiger partial charge in [0.25, 0.3) is 0 Å². The summed E-state index contributed by atoms with van der Waals surface area (Å²) in [5, 5.41) is 0.743. The third-order valence-electron chi connectivity index (χ3n) is 6.40. The quantitative estimate of drug-likeness (QED) is 0.508. The summed E-state index contributed by atoms with van der Waals surface area (Å²) >= 11 is 6.33. The third-order valence-corrected chi connectivity index (χ3v) is 8.58. The van der Waals surface area contributed by atoms with Crippen molar-refractivity contribution in [3.8, 4) is 0 Å². The number of hydrogen-bond donors (Lipinski definition) is 0. The Hall–Kier alpha value is -2.42.